The average molecular weight is 362 g/mol. The molecule has 2 aromatic rings. The lowest BCUT2D eigenvalue weighted by atomic mass is 9.99. The highest BCUT2D eigenvalue weighted by molar-refractivity contribution is 9.10. The van der Waals surface area contributed by atoms with Gasteiger partial charge in [0.25, 0.3) is 0 Å². The van der Waals surface area contributed by atoms with Crippen LogP contribution in [0.1, 0.15) is 35.6 Å². The molecule has 2 N–H and O–H groups in total. The molecule has 1 aliphatic heterocycles. The standard InChI is InChI=1S/C18H20BrNO2/c1-12-4-2-5-14-16(6-3-9-22-18(12)14)20-11-13-7-8-17(21)15(19)10-13/h2,4-5,7-8,10,16,20-21H,3,6,9,11H2,1H3/t16-/m1/s1. The highest BCUT2D eigenvalue weighted by Gasteiger charge is 2.20. The predicted molar refractivity (Wildman–Crippen MR) is 91.3 cm³/mol. The maximum absolute atomic E-state index is 9.57. The van der Waals surface area contributed by atoms with E-state index >= 15 is 0 Å². The van der Waals surface area contributed by atoms with Crippen molar-refractivity contribution in [1.29, 1.82) is 0 Å². The molecule has 0 radical (unpaired) electrons. The summed E-state index contributed by atoms with van der Waals surface area (Å²) in [5.74, 6) is 1.30. The average Bonchev–Trinajstić information content (AvgIpc) is 2.72. The summed E-state index contributed by atoms with van der Waals surface area (Å²) in [6.45, 7) is 3.63. The lowest BCUT2D eigenvalue weighted by Crippen LogP contribution is -2.20. The minimum absolute atomic E-state index is 0.271. The van der Waals surface area contributed by atoms with Crippen molar-refractivity contribution in [2.75, 3.05) is 6.61 Å². The number of halogens is 1. The second-order valence-corrected chi connectivity index (χ2v) is 6.56. The number of nitrogens with one attached hydrogen (secondary N) is 1. The molecule has 4 heteroatoms. The molecule has 0 saturated carbocycles. The van der Waals surface area contributed by atoms with Crippen molar-refractivity contribution in [2.45, 2.75) is 32.4 Å². The fourth-order valence-corrected chi connectivity index (χ4v) is 3.30. The molecule has 0 saturated heterocycles. The summed E-state index contributed by atoms with van der Waals surface area (Å²) in [5.41, 5.74) is 3.58. The lowest BCUT2D eigenvalue weighted by Gasteiger charge is -2.19. The van der Waals surface area contributed by atoms with E-state index in [1.807, 2.05) is 12.1 Å². The first-order valence-corrected chi connectivity index (χ1v) is 8.37. The van der Waals surface area contributed by atoms with Gasteiger partial charge in [-0.25, -0.2) is 0 Å². The van der Waals surface area contributed by atoms with E-state index in [0.29, 0.717) is 6.04 Å². The molecule has 0 amide bonds. The van der Waals surface area contributed by atoms with Crippen LogP contribution in [0.3, 0.4) is 0 Å². The Hall–Kier alpha value is -1.52. The molecular formula is C18H20BrNO2. The fourth-order valence-electron chi connectivity index (χ4n) is 2.88. The topological polar surface area (TPSA) is 41.5 Å². The fraction of sp³-hybridized carbons (Fsp3) is 0.333. The van der Waals surface area contributed by atoms with Gasteiger partial charge in [0, 0.05) is 18.2 Å². The Labute approximate surface area is 139 Å². The molecule has 2 aromatic carbocycles. The first kappa shape index (κ1) is 15.4. The number of para-hydroxylation sites is 1. The van der Waals surface area contributed by atoms with E-state index in [1.165, 1.54) is 11.1 Å². The van der Waals surface area contributed by atoms with Crippen LogP contribution in [0.15, 0.2) is 40.9 Å². The molecule has 1 aliphatic rings. The summed E-state index contributed by atoms with van der Waals surface area (Å²) in [6.07, 6.45) is 2.11. The van der Waals surface area contributed by atoms with Crippen LogP contribution in [-0.2, 0) is 6.54 Å². The van der Waals surface area contributed by atoms with Crippen molar-refractivity contribution < 1.29 is 9.84 Å². The molecule has 3 rings (SSSR count). The minimum atomic E-state index is 0.271. The van der Waals surface area contributed by atoms with Gasteiger partial charge < -0.3 is 15.2 Å². The summed E-state index contributed by atoms with van der Waals surface area (Å²) in [7, 11) is 0. The highest BCUT2D eigenvalue weighted by atomic mass is 79.9. The van der Waals surface area contributed by atoms with Crippen molar-refractivity contribution in [2.24, 2.45) is 0 Å². The molecule has 22 heavy (non-hydrogen) atoms. The molecule has 0 spiro atoms. The molecule has 0 fully saturated rings. The van der Waals surface area contributed by atoms with Crippen molar-refractivity contribution >= 4 is 15.9 Å². The van der Waals surface area contributed by atoms with Crippen LogP contribution in [0.4, 0.5) is 0 Å². The molecule has 0 aliphatic carbocycles. The van der Waals surface area contributed by atoms with Crippen molar-refractivity contribution in [1.82, 2.24) is 5.32 Å². The van der Waals surface area contributed by atoms with E-state index in [0.717, 1.165) is 41.8 Å². The van der Waals surface area contributed by atoms with Gasteiger partial charge in [0.1, 0.15) is 11.5 Å². The number of aryl methyl sites for hydroxylation is 1. The van der Waals surface area contributed by atoms with Gasteiger partial charge >= 0.3 is 0 Å². The van der Waals surface area contributed by atoms with Gasteiger partial charge in [-0.15, -0.1) is 0 Å². The Balaban J connectivity index is 1.78. The number of benzene rings is 2. The first-order valence-electron chi connectivity index (χ1n) is 7.58. The molecule has 1 heterocycles. The van der Waals surface area contributed by atoms with Crippen molar-refractivity contribution in [3.8, 4) is 11.5 Å². The summed E-state index contributed by atoms with van der Waals surface area (Å²) >= 11 is 3.36. The smallest absolute Gasteiger partial charge is 0.129 e. The summed E-state index contributed by atoms with van der Waals surface area (Å²) < 4.78 is 6.64. The van der Waals surface area contributed by atoms with Crippen LogP contribution < -0.4 is 10.1 Å². The van der Waals surface area contributed by atoms with Gasteiger partial charge in [-0.3, -0.25) is 0 Å². The molecule has 3 nitrogen and oxygen atoms in total. The van der Waals surface area contributed by atoms with E-state index < -0.39 is 0 Å². The van der Waals surface area contributed by atoms with E-state index in [-0.39, 0.29) is 5.75 Å². The van der Waals surface area contributed by atoms with Crippen LogP contribution in [0.5, 0.6) is 11.5 Å². The number of ether oxygens (including phenoxy) is 1. The Morgan fingerprint density at radius 1 is 1.32 bits per heavy atom. The van der Waals surface area contributed by atoms with Crippen LogP contribution >= 0.6 is 15.9 Å². The molecule has 116 valence electrons. The zero-order valence-electron chi connectivity index (χ0n) is 12.6. The van der Waals surface area contributed by atoms with Crippen LogP contribution in [0.25, 0.3) is 0 Å². The van der Waals surface area contributed by atoms with Crippen molar-refractivity contribution in [3.63, 3.8) is 0 Å². The normalized spacial score (nSPS) is 17.5. The third-order valence-electron chi connectivity index (χ3n) is 4.07. The Morgan fingerprint density at radius 3 is 3.00 bits per heavy atom. The highest BCUT2D eigenvalue weighted by Crippen LogP contribution is 2.34. The van der Waals surface area contributed by atoms with Crippen molar-refractivity contribution in [3.05, 3.63) is 57.6 Å². The molecule has 0 bridgehead atoms. The van der Waals surface area contributed by atoms with E-state index in [2.05, 4.69) is 46.4 Å². The largest absolute Gasteiger partial charge is 0.507 e. The SMILES string of the molecule is Cc1cccc2c1OCCC[C@H]2NCc1ccc(O)c(Br)c1. The van der Waals surface area contributed by atoms with E-state index in [9.17, 15) is 5.11 Å². The number of rotatable bonds is 3. The number of aromatic hydroxyl groups is 1. The zero-order chi connectivity index (χ0) is 15.5. The molecule has 0 unspecified atom stereocenters. The lowest BCUT2D eigenvalue weighted by molar-refractivity contribution is 0.313. The third-order valence-corrected chi connectivity index (χ3v) is 4.70. The number of hydrogen-bond acceptors (Lipinski definition) is 3. The minimum Gasteiger partial charge on any atom is -0.507 e. The quantitative estimate of drug-likeness (QED) is 0.847. The molecule has 0 aromatic heterocycles. The predicted octanol–water partition coefficient (Wildman–Crippen LogP) is 4.47. The Kier molecular flexibility index (Phi) is 4.69. The van der Waals surface area contributed by atoms with E-state index in [4.69, 9.17) is 4.74 Å². The van der Waals surface area contributed by atoms with E-state index in [1.54, 1.807) is 6.07 Å². The molecule has 1 atom stereocenters. The maximum Gasteiger partial charge on any atom is 0.129 e. The summed E-state index contributed by atoms with van der Waals surface area (Å²) in [4.78, 5) is 0. The van der Waals surface area contributed by atoms with Crippen LogP contribution in [0.2, 0.25) is 0 Å². The van der Waals surface area contributed by atoms with Gasteiger partial charge in [-0.05, 0) is 59.0 Å². The van der Waals surface area contributed by atoms with Gasteiger partial charge in [0.2, 0.25) is 0 Å². The first-order chi connectivity index (χ1) is 10.6. The Bertz CT molecular complexity index is 672. The Morgan fingerprint density at radius 2 is 2.18 bits per heavy atom. The maximum atomic E-state index is 9.57. The summed E-state index contributed by atoms with van der Waals surface area (Å²) in [5, 5.41) is 13.2. The second-order valence-electron chi connectivity index (χ2n) is 5.70. The van der Waals surface area contributed by atoms with Gasteiger partial charge in [-0.1, -0.05) is 24.3 Å². The van der Waals surface area contributed by atoms with Gasteiger partial charge in [0.15, 0.2) is 0 Å². The summed E-state index contributed by atoms with van der Waals surface area (Å²) in [6, 6.07) is 12.2. The molecular weight excluding hydrogens is 342 g/mol. The van der Waals surface area contributed by atoms with Crippen LogP contribution in [-0.4, -0.2) is 11.7 Å². The number of hydrogen-bond donors (Lipinski definition) is 2. The third kappa shape index (κ3) is 3.28. The van der Waals surface area contributed by atoms with Crippen LogP contribution in [0, 0.1) is 6.92 Å². The van der Waals surface area contributed by atoms with Gasteiger partial charge in [-0.2, -0.15) is 0 Å². The number of fused-ring (bicyclic) bond motifs is 1. The monoisotopic (exact) mass is 361 g/mol. The second kappa shape index (κ2) is 6.71. The van der Waals surface area contributed by atoms with Gasteiger partial charge in [0.05, 0.1) is 11.1 Å². The zero-order valence-corrected chi connectivity index (χ0v) is 14.2. The number of phenolic OH excluding ortho intramolecular Hbond substituents is 1. The number of phenols is 1.